The number of hydrogen-bond donors (Lipinski definition) is 2. The van der Waals surface area contributed by atoms with Gasteiger partial charge in [-0.15, -0.1) is 0 Å². The van der Waals surface area contributed by atoms with Crippen LogP contribution in [-0.4, -0.2) is 28.3 Å². The van der Waals surface area contributed by atoms with Gasteiger partial charge in [0, 0.05) is 6.08 Å². The highest BCUT2D eigenvalue weighted by molar-refractivity contribution is 5.88. The molecule has 0 aromatic carbocycles. The summed E-state index contributed by atoms with van der Waals surface area (Å²) in [5, 5.41) is 18.1. The highest BCUT2D eigenvalue weighted by atomic mass is 16.5. The van der Waals surface area contributed by atoms with Gasteiger partial charge in [0.05, 0.1) is 5.57 Å². The van der Waals surface area contributed by atoms with Gasteiger partial charge in [-0.3, -0.25) is 0 Å². The minimum atomic E-state index is -1.24. The molecule has 0 aliphatic rings. The fourth-order valence-corrected chi connectivity index (χ4v) is 0.835. The number of aliphatic hydroxyl groups excluding tert-OH is 1. The van der Waals surface area contributed by atoms with Gasteiger partial charge in [-0.1, -0.05) is 13.5 Å². The molecule has 0 saturated carbocycles. The molecule has 5 heteroatoms. The van der Waals surface area contributed by atoms with Gasteiger partial charge in [0.1, 0.15) is 11.9 Å². The van der Waals surface area contributed by atoms with Crippen molar-refractivity contribution >= 4 is 11.9 Å². The van der Waals surface area contributed by atoms with Gasteiger partial charge >= 0.3 is 11.9 Å². The summed E-state index contributed by atoms with van der Waals surface area (Å²) in [6, 6.07) is 0. The van der Waals surface area contributed by atoms with Crippen molar-refractivity contribution in [2.24, 2.45) is 0 Å². The highest BCUT2D eigenvalue weighted by Gasteiger charge is 2.20. The molecule has 15 heavy (non-hydrogen) atoms. The molecule has 0 heterocycles. The zero-order valence-electron chi connectivity index (χ0n) is 8.69. The van der Waals surface area contributed by atoms with Crippen molar-refractivity contribution in [1.82, 2.24) is 0 Å². The lowest BCUT2D eigenvalue weighted by molar-refractivity contribution is -0.136. The Morgan fingerprint density at radius 3 is 2.40 bits per heavy atom. The van der Waals surface area contributed by atoms with Crippen LogP contribution in [-0.2, 0) is 14.3 Å². The molecular weight excluding hydrogens is 200 g/mol. The maximum Gasteiger partial charge on any atom is 0.335 e. The summed E-state index contributed by atoms with van der Waals surface area (Å²) in [4.78, 5) is 21.5. The van der Waals surface area contributed by atoms with Crippen LogP contribution in [0.5, 0.6) is 0 Å². The van der Waals surface area contributed by atoms with E-state index < -0.39 is 18.0 Å². The number of esters is 1. The number of hydrogen-bond acceptors (Lipinski definition) is 4. The summed E-state index contributed by atoms with van der Waals surface area (Å²) in [5.74, 6) is -2.28. The van der Waals surface area contributed by atoms with E-state index in [-0.39, 0.29) is 17.8 Å². The van der Waals surface area contributed by atoms with Crippen LogP contribution in [0.3, 0.4) is 0 Å². The maximum absolute atomic E-state index is 10.9. The third kappa shape index (κ3) is 3.95. The second kappa shape index (κ2) is 5.98. The van der Waals surface area contributed by atoms with E-state index in [1.54, 1.807) is 6.92 Å². The largest absolute Gasteiger partial charge is 0.478 e. The first-order valence-corrected chi connectivity index (χ1v) is 4.40. The molecule has 0 radical (unpaired) electrons. The van der Waals surface area contributed by atoms with E-state index in [9.17, 15) is 14.7 Å². The van der Waals surface area contributed by atoms with Crippen molar-refractivity contribution in [2.75, 3.05) is 0 Å². The van der Waals surface area contributed by atoms with Crippen LogP contribution in [0, 0.1) is 0 Å². The molecule has 0 aliphatic carbocycles. The van der Waals surface area contributed by atoms with E-state index in [2.05, 4.69) is 11.3 Å². The molecule has 0 aromatic rings. The molecule has 0 bridgehead atoms. The topological polar surface area (TPSA) is 83.8 Å². The molecule has 0 amide bonds. The third-order valence-corrected chi connectivity index (χ3v) is 1.76. The van der Waals surface area contributed by atoms with Crippen LogP contribution >= 0.6 is 0 Å². The van der Waals surface area contributed by atoms with Gasteiger partial charge < -0.3 is 14.9 Å². The van der Waals surface area contributed by atoms with Crippen LogP contribution in [0.4, 0.5) is 0 Å². The van der Waals surface area contributed by atoms with Crippen LogP contribution in [0.15, 0.2) is 24.0 Å². The SMILES string of the molecule is C=CC(=O)O/C(=C(\C)C(=O)O)C(O)CC. The lowest BCUT2D eigenvalue weighted by Crippen LogP contribution is -2.19. The molecule has 0 saturated heterocycles. The summed E-state index contributed by atoms with van der Waals surface area (Å²) < 4.78 is 4.67. The Morgan fingerprint density at radius 2 is 2.07 bits per heavy atom. The van der Waals surface area contributed by atoms with Gasteiger partial charge in [-0.05, 0) is 13.3 Å². The molecule has 1 atom stereocenters. The molecule has 0 spiro atoms. The molecule has 0 fully saturated rings. The van der Waals surface area contributed by atoms with Gasteiger partial charge in [-0.25, -0.2) is 9.59 Å². The lowest BCUT2D eigenvalue weighted by atomic mass is 10.1. The molecule has 2 N–H and O–H groups in total. The number of carbonyl (C=O) groups excluding carboxylic acids is 1. The smallest absolute Gasteiger partial charge is 0.335 e. The monoisotopic (exact) mass is 214 g/mol. The zero-order valence-corrected chi connectivity index (χ0v) is 8.69. The predicted molar refractivity (Wildman–Crippen MR) is 52.9 cm³/mol. The fraction of sp³-hybridized carbons (Fsp3) is 0.400. The fourth-order valence-electron chi connectivity index (χ4n) is 0.835. The van der Waals surface area contributed by atoms with Crippen molar-refractivity contribution in [3.8, 4) is 0 Å². The van der Waals surface area contributed by atoms with E-state index in [0.29, 0.717) is 0 Å². The van der Waals surface area contributed by atoms with Crippen LogP contribution < -0.4 is 0 Å². The number of ether oxygens (including phenoxy) is 1. The predicted octanol–water partition coefficient (Wildman–Crippen LogP) is 0.845. The Kier molecular flexibility index (Phi) is 5.33. The minimum absolute atomic E-state index is 0.195. The molecular formula is C10H14O5. The van der Waals surface area contributed by atoms with E-state index in [4.69, 9.17) is 5.11 Å². The van der Waals surface area contributed by atoms with Gasteiger partial charge in [0.25, 0.3) is 0 Å². The quantitative estimate of drug-likeness (QED) is 0.402. The van der Waals surface area contributed by atoms with E-state index >= 15 is 0 Å². The van der Waals surface area contributed by atoms with Gasteiger partial charge in [0.15, 0.2) is 0 Å². The van der Waals surface area contributed by atoms with Crippen LogP contribution in [0.1, 0.15) is 20.3 Å². The Morgan fingerprint density at radius 1 is 1.53 bits per heavy atom. The second-order valence-corrected chi connectivity index (χ2v) is 2.84. The Labute approximate surface area is 87.7 Å². The number of aliphatic carboxylic acids is 1. The third-order valence-electron chi connectivity index (χ3n) is 1.76. The summed E-state index contributed by atoms with van der Waals surface area (Å²) >= 11 is 0. The zero-order chi connectivity index (χ0) is 12.0. The first kappa shape index (κ1) is 13.4. The first-order valence-electron chi connectivity index (χ1n) is 4.40. The van der Waals surface area contributed by atoms with Crippen LogP contribution in [0.2, 0.25) is 0 Å². The van der Waals surface area contributed by atoms with Gasteiger partial charge in [0.2, 0.25) is 0 Å². The van der Waals surface area contributed by atoms with Crippen molar-refractivity contribution in [1.29, 1.82) is 0 Å². The van der Waals surface area contributed by atoms with Crippen molar-refractivity contribution in [3.05, 3.63) is 24.0 Å². The summed E-state index contributed by atoms with van der Waals surface area (Å²) in [7, 11) is 0. The van der Waals surface area contributed by atoms with E-state index in [1.807, 2.05) is 0 Å². The van der Waals surface area contributed by atoms with Gasteiger partial charge in [-0.2, -0.15) is 0 Å². The first-order chi connectivity index (χ1) is 6.93. The van der Waals surface area contributed by atoms with E-state index in [0.717, 1.165) is 6.08 Å². The summed E-state index contributed by atoms with van der Waals surface area (Å²) in [6.45, 7) is 6.07. The normalized spacial score (nSPS) is 13.8. The Balaban J connectivity index is 5.05. The molecule has 84 valence electrons. The minimum Gasteiger partial charge on any atom is -0.478 e. The summed E-state index contributed by atoms with van der Waals surface area (Å²) in [6.07, 6.45) is 0.0482. The average molecular weight is 214 g/mol. The van der Waals surface area contributed by atoms with E-state index in [1.165, 1.54) is 6.92 Å². The second-order valence-electron chi connectivity index (χ2n) is 2.84. The molecule has 1 unspecified atom stereocenters. The van der Waals surface area contributed by atoms with Crippen molar-refractivity contribution in [3.63, 3.8) is 0 Å². The van der Waals surface area contributed by atoms with Crippen LogP contribution in [0.25, 0.3) is 0 Å². The molecule has 0 rings (SSSR count). The number of rotatable bonds is 5. The highest BCUT2D eigenvalue weighted by Crippen LogP contribution is 2.14. The van der Waals surface area contributed by atoms with Crippen molar-refractivity contribution < 1.29 is 24.5 Å². The number of carboxylic acid groups (broad SMARTS) is 1. The Bertz CT molecular complexity index is 303. The summed E-state index contributed by atoms with van der Waals surface area (Å²) in [5.41, 5.74) is -0.195. The number of aliphatic hydroxyl groups is 1. The molecule has 0 aromatic heterocycles. The number of carboxylic acids is 1. The molecule has 0 aliphatic heterocycles. The lowest BCUT2D eigenvalue weighted by Gasteiger charge is -2.14. The van der Waals surface area contributed by atoms with Crippen molar-refractivity contribution in [2.45, 2.75) is 26.4 Å². The molecule has 5 nitrogen and oxygen atoms in total. The Hall–Kier alpha value is -1.62. The average Bonchev–Trinajstić information content (AvgIpc) is 2.23. The standard InChI is InChI=1S/C10H14O5/c1-4-7(11)9(6(3)10(13)14)15-8(12)5-2/h5,7,11H,2,4H2,1,3H3,(H,13,14)/b9-6+. The number of carbonyl (C=O) groups is 2. The maximum atomic E-state index is 10.9.